The molecule has 0 N–H and O–H groups in total. The lowest BCUT2D eigenvalue weighted by Gasteiger charge is -2.04. The second-order valence-corrected chi connectivity index (χ2v) is 6.26. The van der Waals surface area contributed by atoms with Crippen LogP contribution >= 0.6 is 34.5 Å². The monoisotopic (exact) mass is 312 g/mol. The molecule has 0 aliphatic heterocycles. The van der Waals surface area contributed by atoms with Crippen molar-refractivity contribution in [1.29, 1.82) is 0 Å². The van der Waals surface area contributed by atoms with Crippen LogP contribution in [0.5, 0.6) is 0 Å². The molecule has 2 aromatic rings. The van der Waals surface area contributed by atoms with Crippen LogP contribution in [0.4, 0.5) is 0 Å². The quantitative estimate of drug-likeness (QED) is 0.717. The lowest BCUT2D eigenvalue weighted by Crippen LogP contribution is -2.03. The van der Waals surface area contributed by atoms with E-state index < -0.39 is 0 Å². The van der Waals surface area contributed by atoms with Gasteiger partial charge in [0.05, 0.1) is 0 Å². The zero-order chi connectivity index (χ0) is 13.7. The molecule has 0 bridgehead atoms. The molecule has 1 aromatic heterocycles. The predicted octanol–water partition coefficient (Wildman–Crippen LogP) is 5.19. The molecule has 0 saturated heterocycles. The van der Waals surface area contributed by atoms with Crippen LogP contribution in [0.2, 0.25) is 10.0 Å². The van der Waals surface area contributed by atoms with Gasteiger partial charge in [0.1, 0.15) is 5.78 Å². The van der Waals surface area contributed by atoms with Gasteiger partial charge in [0.2, 0.25) is 0 Å². The van der Waals surface area contributed by atoms with Crippen molar-refractivity contribution in [2.75, 3.05) is 0 Å². The number of carbonyl (C=O) groups excluding carboxylic acids is 1. The van der Waals surface area contributed by atoms with Gasteiger partial charge in [-0.2, -0.15) is 0 Å². The van der Waals surface area contributed by atoms with Gasteiger partial charge in [0.25, 0.3) is 0 Å². The molecular weight excluding hydrogens is 299 g/mol. The minimum absolute atomic E-state index is 0.223. The van der Waals surface area contributed by atoms with Crippen molar-refractivity contribution in [1.82, 2.24) is 0 Å². The van der Waals surface area contributed by atoms with Gasteiger partial charge in [0.15, 0.2) is 0 Å². The van der Waals surface area contributed by atoms with Crippen molar-refractivity contribution in [3.05, 3.63) is 56.2 Å². The lowest BCUT2D eigenvalue weighted by atomic mass is 10.0. The fraction of sp³-hybridized carbons (Fsp3) is 0.267. The van der Waals surface area contributed by atoms with E-state index in [9.17, 15) is 4.79 Å². The van der Waals surface area contributed by atoms with E-state index in [0.29, 0.717) is 22.9 Å². The number of aryl methyl sites for hydroxylation is 1. The van der Waals surface area contributed by atoms with Crippen LogP contribution in [-0.2, 0) is 17.6 Å². The maximum Gasteiger partial charge on any atom is 0.137 e. The molecule has 0 saturated carbocycles. The number of Topliss-reactive ketones (excluding diaryl/α,β-unsaturated/α-hetero) is 1. The Morgan fingerprint density at radius 3 is 2.74 bits per heavy atom. The molecule has 2 rings (SSSR count). The zero-order valence-electron chi connectivity index (χ0n) is 10.4. The molecule has 0 radical (unpaired) electrons. The van der Waals surface area contributed by atoms with E-state index in [1.807, 2.05) is 12.1 Å². The Morgan fingerprint density at radius 2 is 2.05 bits per heavy atom. The van der Waals surface area contributed by atoms with Crippen LogP contribution in [0.1, 0.15) is 23.3 Å². The van der Waals surface area contributed by atoms with Crippen molar-refractivity contribution in [2.45, 2.75) is 25.7 Å². The van der Waals surface area contributed by atoms with Crippen LogP contribution in [0.3, 0.4) is 0 Å². The van der Waals surface area contributed by atoms with E-state index >= 15 is 0 Å². The second-order valence-electron chi connectivity index (χ2n) is 4.38. The predicted molar refractivity (Wildman–Crippen MR) is 82.4 cm³/mol. The third kappa shape index (κ3) is 4.64. The molecule has 19 heavy (non-hydrogen) atoms. The Kier molecular flexibility index (Phi) is 5.44. The first-order valence-corrected chi connectivity index (χ1v) is 7.77. The van der Waals surface area contributed by atoms with Crippen LogP contribution in [-0.4, -0.2) is 5.78 Å². The minimum Gasteiger partial charge on any atom is -0.299 e. The third-order valence-electron chi connectivity index (χ3n) is 2.86. The third-order valence-corrected chi connectivity index (χ3v) is 4.38. The van der Waals surface area contributed by atoms with Gasteiger partial charge < -0.3 is 0 Å². The molecule has 4 heteroatoms. The Hall–Kier alpha value is -0.830. The summed E-state index contributed by atoms with van der Waals surface area (Å²) in [7, 11) is 0. The van der Waals surface area contributed by atoms with Gasteiger partial charge in [-0.05, 0) is 42.0 Å². The maximum absolute atomic E-state index is 11.9. The smallest absolute Gasteiger partial charge is 0.137 e. The Bertz CT molecular complexity index is 549. The molecule has 1 aromatic carbocycles. The molecule has 0 amide bonds. The highest BCUT2D eigenvalue weighted by Gasteiger charge is 2.08. The van der Waals surface area contributed by atoms with E-state index in [4.69, 9.17) is 23.2 Å². The fourth-order valence-corrected chi connectivity index (χ4v) is 3.11. The average molecular weight is 313 g/mol. The highest BCUT2D eigenvalue weighted by Crippen LogP contribution is 2.22. The number of carbonyl (C=O) groups is 1. The Morgan fingerprint density at radius 1 is 1.21 bits per heavy atom. The summed E-state index contributed by atoms with van der Waals surface area (Å²) in [4.78, 5) is 13.2. The summed E-state index contributed by atoms with van der Waals surface area (Å²) in [5.74, 6) is 0.223. The summed E-state index contributed by atoms with van der Waals surface area (Å²) in [5, 5.41) is 3.22. The zero-order valence-corrected chi connectivity index (χ0v) is 12.7. The molecule has 0 aliphatic carbocycles. The van der Waals surface area contributed by atoms with Crippen LogP contribution in [0.25, 0.3) is 0 Å². The van der Waals surface area contributed by atoms with Gasteiger partial charge in [-0.1, -0.05) is 35.3 Å². The molecule has 0 unspecified atom stereocenters. The Balaban J connectivity index is 1.80. The minimum atomic E-state index is 0.223. The average Bonchev–Trinajstić information content (AvgIpc) is 2.86. The van der Waals surface area contributed by atoms with Crippen molar-refractivity contribution in [2.24, 2.45) is 0 Å². The molecule has 1 nitrogen and oxygen atoms in total. The number of ketones is 1. The first-order chi connectivity index (χ1) is 9.15. The topological polar surface area (TPSA) is 17.1 Å². The summed E-state index contributed by atoms with van der Waals surface area (Å²) < 4.78 is 0. The number of rotatable bonds is 6. The molecular formula is C15H14Cl2OS. The van der Waals surface area contributed by atoms with E-state index in [0.717, 1.165) is 18.4 Å². The van der Waals surface area contributed by atoms with Crippen molar-refractivity contribution in [3.63, 3.8) is 0 Å². The highest BCUT2D eigenvalue weighted by molar-refractivity contribution is 7.09. The number of hydrogen-bond donors (Lipinski definition) is 0. The highest BCUT2D eigenvalue weighted by atomic mass is 35.5. The van der Waals surface area contributed by atoms with Crippen molar-refractivity contribution in [3.8, 4) is 0 Å². The maximum atomic E-state index is 11.9. The van der Waals surface area contributed by atoms with E-state index in [1.165, 1.54) is 4.88 Å². The summed E-state index contributed by atoms with van der Waals surface area (Å²) >= 11 is 13.6. The van der Waals surface area contributed by atoms with E-state index in [2.05, 4.69) is 11.4 Å². The van der Waals surface area contributed by atoms with Crippen molar-refractivity contribution >= 4 is 40.3 Å². The van der Waals surface area contributed by atoms with Gasteiger partial charge in [-0.3, -0.25) is 4.79 Å². The van der Waals surface area contributed by atoms with Crippen LogP contribution < -0.4 is 0 Å². The first-order valence-electron chi connectivity index (χ1n) is 6.13. The SMILES string of the molecule is O=C(CCCc1cccs1)Cc1ccc(Cl)cc1Cl. The largest absolute Gasteiger partial charge is 0.299 e. The number of thiophene rings is 1. The van der Waals surface area contributed by atoms with Gasteiger partial charge in [-0.25, -0.2) is 0 Å². The van der Waals surface area contributed by atoms with Gasteiger partial charge in [-0.15, -0.1) is 11.3 Å². The van der Waals surface area contributed by atoms with Crippen LogP contribution in [0.15, 0.2) is 35.7 Å². The van der Waals surface area contributed by atoms with E-state index in [-0.39, 0.29) is 5.78 Å². The Labute approximate surface area is 127 Å². The number of benzene rings is 1. The fourth-order valence-electron chi connectivity index (χ4n) is 1.88. The number of hydrogen-bond acceptors (Lipinski definition) is 2. The second kappa shape index (κ2) is 7.09. The summed E-state index contributed by atoms with van der Waals surface area (Å²) in [6, 6.07) is 9.40. The normalized spacial score (nSPS) is 10.6. The molecule has 0 atom stereocenters. The van der Waals surface area contributed by atoms with Gasteiger partial charge in [0, 0.05) is 27.8 Å². The molecule has 100 valence electrons. The van der Waals surface area contributed by atoms with E-state index in [1.54, 1.807) is 23.5 Å². The first kappa shape index (κ1) is 14.6. The van der Waals surface area contributed by atoms with Crippen LogP contribution in [0, 0.1) is 0 Å². The van der Waals surface area contributed by atoms with Gasteiger partial charge >= 0.3 is 0 Å². The number of halogens is 2. The molecule has 0 aliphatic rings. The molecule has 1 heterocycles. The van der Waals surface area contributed by atoms with Crippen molar-refractivity contribution < 1.29 is 4.79 Å². The lowest BCUT2D eigenvalue weighted by molar-refractivity contribution is -0.118. The molecule has 0 fully saturated rings. The molecule has 0 spiro atoms. The summed E-state index contributed by atoms with van der Waals surface area (Å²) in [5.41, 5.74) is 0.854. The standard InChI is InChI=1S/C15H14Cl2OS/c16-12-7-6-11(15(17)10-12)9-13(18)3-1-4-14-5-2-8-19-14/h2,5-8,10H,1,3-4,9H2. The summed E-state index contributed by atoms with van der Waals surface area (Å²) in [6.07, 6.45) is 2.85. The summed E-state index contributed by atoms with van der Waals surface area (Å²) in [6.45, 7) is 0.